The van der Waals surface area contributed by atoms with Gasteiger partial charge in [0.1, 0.15) is 0 Å². The van der Waals surface area contributed by atoms with Gasteiger partial charge in [-0.1, -0.05) is 0 Å². The lowest BCUT2D eigenvalue weighted by molar-refractivity contribution is -0.123. The molecule has 1 amide bonds. The maximum absolute atomic E-state index is 10.9. The van der Waals surface area contributed by atoms with Gasteiger partial charge in [0.25, 0.3) is 5.91 Å². The third-order valence-electron chi connectivity index (χ3n) is 1.40. The maximum atomic E-state index is 10.9. The fourth-order valence-corrected chi connectivity index (χ4v) is 0.898. The number of rotatable bonds is 1. The Morgan fingerprint density at radius 2 is 2.45 bits per heavy atom. The van der Waals surface area contributed by atoms with Gasteiger partial charge >= 0.3 is 0 Å². The SMILES string of the molecule is O=C1N=COC1c1ccco1. The molecule has 0 N–H and O–H groups in total. The van der Waals surface area contributed by atoms with Crippen molar-refractivity contribution in [1.29, 1.82) is 0 Å². The summed E-state index contributed by atoms with van der Waals surface area (Å²) in [6.45, 7) is 0. The van der Waals surface area contributed by atoms with Crippen molar-refractivity contribution in [3.63, 3.8) is 0 Å². The molecule has 0 aliphatic carbocycles. The predicted octanol–water partition coefficient (Wildman–Crippen LogP) is 0.906. The van der Waals surface area contributed by atoms with Crippen molar-refractivity contribution in [2.75, 3.05) is 0 Å². The summed E-state index contributed by atoms with van der Waals surface area (Å²) < 4.78 is 9.84. The van der Waals surface area contributed by atoms with Crippen LogP contribution in [0.1, 0.15) is 11.9 Å². The number of hydrogen-bond donors (Lipinski definition) is 0. The topological polar surface area (TPSA) is 51.8 Å². The highest BCUT2D eigenvalue weighted by Crippen LogP contribution is 2.21. The molecule has 0 saturated heterocycles. The van der Waals surface area contributed by atoms with Crippen molar-refractivity contribution in [3.8, 4) is 0 Å². The van der Waals surface area contributed by atoms with Crippen molar-refractivity contribution < 1.29 is 13.9 Å². The molecule has 2 heterocycles. The van der Waals surface area contributed by atoms with E-state index in [0.29, 0.717) is 5.76 Å². The second kappa shape index (κ2) is 2.23. The summed E-state index contributed by atoms with van der Waals surface area (Å²) in [7, 11) is 0. The molecule has 0 saturated carbocycles. The number of carbonyl (C=O) groups is 1. The first-order chi connectivity index (χ1) is 5.38. The van der Waals surface area contributed by atoms with Gasteiger partial charge in [0.05, 0.1) is 6.26 Å². The molecule has 2 rings (SSSR count). The summed E-state index contributed by atoms with van der Waals surface area (Å²) in [5.41, 5.74) is 0. The maximum Gasteiger partial charge on any atom is 0.297 e. The van der Waals surface area contributed by atoms with Gasteiger partial charge < -0.3 is 9.15 Å². The number of furan rings is 1. The Morgan fingerprint density at radius 1 is 1.55 bits per heavy atom. The van der Waals surface area contributed by atoms with E-state index < -0.39 is 6.10 Å². The molecule has 0 fully saturated rings. The van der Waals surface area contributed by atoms with Crippen molar-refractivity contribution in [3.05, 3.63) is 24.2 Å². The number of amides is 1. The summed E-state index contributed by atoms with van der Waals surface area (Å²) in [6, 6.07) is 3.38. The monoisotopic (exact) mass is 151 g/mol. The molecule has 56 valence electrons. The second-order valence-electron chi connectivity index (χ2n) is 2.10. The van der Waals surface area contributed by atoms with Crippen LogP contribution in [0.4, 0.5) is 0 Å². The van der Waals surface area contributed by atoms with Crippen molar-refractivity contribution in [2.24, 2.45) is 4.99 Å². The predicted molar refractivity (Wildman–Crippen MR) is 36.0 cm³/mol. The van der Waals surface area contributed by atoms with Crippen molar-refractivity contribution in [1.82, 2.24) is 0 Å². The third kappa shape index (κ3) is 0.920. The summed E-state index contributed by atoms with van der Waals surface area (Å²) in [5.74, 6) is 0.174. The summed E-state index contributed by atoms with van der Waals surface area (Å²) in [5, 5.41) is 0. The average Bonchev–Trinajstić information content (AvgIpc) is 2.55. The first kappa shape index (κ1) is 6.15. The Balaban J connectivity index is 2.26. The molecule has 1 unspecified atom stereocenters. The second-order valence-corrected chi connectivity index (χ2v) is 2.10. The molecule has 1 aliphatic heterocycles. The average molecular weight is 151 g/mol. The fraction of sp³-hybridized carbons (Fsp3) is 0.143. The van der Waals surface area contributed by atoms with Crippen LogP contribution in [0.2, 0.25) is 0 Å². The van der Waals surface area contributed by atoms with Crippen LogP contribution in [-0.2, 0) is 9.53 Å². The van der Waals surface area contributed by atoms with E-state index in [1.165, 1.54) is 6.26 Å². The zero-order valence-corrected chi connectivity index (χ0v) is 5.56. The minimum atomic E-state index is -0.662. The molecule has 0 spiro atoms. The minimum Gasteiger partial charge on any atom is -0.465 e. The molecule has 4 nitrogen and oxygen atoms in total. The Kier molecular flexibility index (Phi) is 1.25. The van der Waals surface area contributed by atoms with Crippen LogP contribution in [0.3, 0.4) is 0 Å². The first-order valence-electron chi connectivity index (χ1n) is 3.13. The smallest absolute Gasteiger partial charge is 0.297 e. The van der Waals surface area contributed by atoms with Crippen LogP contribution >= 0.6 is 0 Å². The molecule has 1 aromatic rings. The first-order valence-corrected chi connectivity index (χ1v) is 3.13. The van der Waals surface area contributed by atoms with E-state index in [1.54, 1.807) is 12.1 Å². The normalized spacial score (nSPS) is 22.2. The molecule has 11 heavy (non-hydrogen) atoms. The fourth-order valence-electron chi connectivity index (χ4n) is 0.898. The Morgan fingerprint density at radius 3 is 3.00 bits per heavy atom. The highest BCUT2D eigenvalue weighted by Gasteiger charge is 2.27. The van der Waals surface area contributed by atoms with Gasteiger partial charge in [0, 0.05) is 0 Å². The van der Waals surface area contributed by atoms with Gasteiger partial charge in [-0.25, -0.2) is 0 Å². The largest absolute Gasteiger partial charge is 0.465 e. The van der Waals surface area contributed by atoms with Crippen molar-refractivity contribution in [2.45, 2.75) is 6.10 Å². The van der Waals surface area contributed by atoms with Crippen LogP contribution in [-0.4, -0.2) is 12.3 Å². The molecule has 0 aromatic carbocycles. The number of ether oxygens (including phenoxy) is 1. The van der Waals surface area contributed by atoms with Gasteiger partial charge in [0.2, 0.25) is 6.10 Å². The molecule has 1 aromatic heterocycles. The number of hydrogen-bond acceptors (Lipinski definition) is 3. The van der Waals surface area contributed by atoms with E-state index in [2.05, 4.69) is 4.99 Å². The van der Waals surface area contributed by atoms with Gasteiger partial charge in [-0.2, -0.15) is 4.99 Å². The lowest BCUT2D eigenvalue weighted by atomic mass is 10.3. The minimum absolute atomic E-state index is 0.319. The number of aliphatic imine (C=N–C) groups is 1. The number of nitrogens with zero attached hydrogens (tertiary/aromatic N) is 1. The Hall–Kier alpha value is -1.58. The van der Waals surface area contributed by atoms with Gasteiger partial charge in [-0.15, -0.1) is 0 Å². The standard InChI is InChI=1S/C7H5NO3/c9-7-6(11-4-8-7)5-2-1-3-10-5/h1-4,6H. The quantitative estimate of drug-likeness (QED) is 0.599. The summed E-state index contributed by atoms with van der Waals surface area (Å²) >= 11 is 0. The van der Waals surface area contributed by atoms with Gasteiger partial charge in [-0.3, -0.25) is 4.79 Å². The van der Waals surface area contributed by atoms with Gasteiger partial charge in [-0.05, 0) is 12.1 Å². The lowest BCUT2D eigenvalue weighted by Crippen LogP contribution is -2.04. The van der Waals surface area contributed by atoms with Crippen LogP contribution in [0.25, 0.3) is 0 Å². The van der Waals surface area contributed by atoms with Crippen LogP contribution < -0.4 is 0 Å². The molecule has 0 bridgehead atoms. The van der Waals surface area contributed by atoms with E-state index >= 15 is 0 Å². The zero-order valence-electron chi connectivity index (χ0n) is 5.56. The Labute approximate surface area is 62.5 Å². The molecular formula is C7H5NO3. The van der Waals surface area contributed by atoms with Crippen LogP contribution in [0.5, 0.6) is 0 Å². The van der Waals surface area contributed by atoms with Gasteiger partial charge in [0.15, 0.2) is 12.2 Å². The lowest BCUT2D eigenvalue weighted by Gasteiger charge is -2.01. The van der Waals surface area contributed by atoms with E-state index in [9.17, 15) is 4.79 Å². The third-order valence-corrected chi connectivity index (χ3v) is 1.40. The highest BCUT2D eigenvalue weighted by molar-refractivity contribution is 5.91. The molecule has 4 heteroatoms. The van der Waals surface area contributed by atoms with Crippen LogP contribution in [0, 0.1) is 0 Å². The molecule has 0 radical (unpaired) electrons. The summed E-state index contributed by atoms with van der Waals surface area (Å²) in [4.78, 5) is 14.3. The molecule has 1 atom stereocenters. The molecule has 1 aliphatic rings. The molecular weight excluding hydrogens is 146 g/mol. The number of carbonyl (C=O) groups excluding carboxylic acids is 1. The summed E-state index contributed by atoms with van der Waals surface area (Å²) in [6.07, 6.45) is 1.96. The van der Waals surface area contributed by atoms with E-state index in [1.807, 2.05) is 0 Å². The van der Waals surface area contributed by atoms with E-state index in [0.717, 1.165) is 6.40 Å². The Bertz CT molecular complexity index is 289. The van der Waals surface area contributed by atoms with E-state index in [4.69, 9.17) is 9.15 Å². The van der Waals surface area contributed by atoms with Crippen molar-refractivity contribution >= 4 is 12.3 Å². The van der Waals surface area contributed by atoms with Crippen LogP contribution in [0.15, 0.2) is 27.8 Å². The van der Waals surface area contributed by atoms with E-state index in [-0.39, 0.29) is 5.91 Å². The zero-order chi connectivity index (χ0) is 7.68. The highest BCUT2D eigenvalue weighted by atomic mass is 16.5.